The molecule has 7 nitrogen and oxygen atoms in total. The summed E-state index contributed by atoms with van der Waals surface area (Å²) in [6, 6.07) is 4.35. The average molecular weight is 294 g/mol. The summed E-state index contributed by atoms with van der Waals surface area (Å²) >= 11 is 0. The molecule has 7 heteroatoms. The van der Waals surface area contributed by atoms with Crippen molar-refractivity contribution in [3.63, 3.8) is 0 Å². The van der Waals surface area contributed by atoms with Gasteiger partial charge in [-0.25, -0.2) is 9.59 Å². The summed E-state index contributed by atoms with van der Waals surface area (Å²) in [5.74, 6) is -1.66. The van der Waals surface area contributed by atoms with E-state index in [0.717, 1.165) is 18.9 Å². The highest BCUT2D eigenvalue weighted by molar-refractivity contribution is 5.89. The Labute approximate surface area is 122 Å². The van der Waals surface area contributed by atoms with E-state index in [2.05, 4.69) is 10.3 Å². The molecule has 0 bridgehead atoms. The number of hydrogen-bond acceptors (Lipinski definition) is 5. The van der Waals surface area contributed by atoms with E-state index in [1.165, 1.54) is 12.8 Å². The first-order valence-electron chi connectivity index (χ1n) is 6.48. The quantitative estimate of drug-likeness (QED) is 0.693. The van der Waals surface area contributed by atoms with Crippen LogP contribution < -0.4 is 10.1 Å². The van der Waals surface area contributed by atoms with Crippen LogP contribution in [0.2, 0.25) is 0 Å². The minimum Gasteiger partial charge on any atom is -0.490 e. The number of nitrogens with zero attached hydrogens (tertiary/aromatic N) is 1. The Morgan fingerprint density at radius 1 is 1.38 bits per heavy atom. The average Bonchev–Trinajstić information content (AvgIpc) is 2.98. The molecule has 21 heavy (non-hydrogen) atoms. The molecule has 1 fully saturated rings. The number of ether oxygens (including phenoxy) is 1. The molecule has 1 aliphatic heterocycles. The molecule has 2 rings (SSSR count). The number of rotatable bonds is 5. The lowest BCUT2D eigenvalue weighted by molar-refractivity contribution is -0.134. The number of nitrogens with one attached hydrogen (secondary N) is 1. The molecular weight excluding hydrogens is 276 g/mol. The van der Waals surface area contributed by atoms with E-state index in [9.17, 15) is 9.59 Å². The summed E-state index contributed by atoms with van der Waals surface area (Å²) in [6.45, 7) is 1.88. The minimum atomic E-state index is -1.26. The van der Waals surface area contributed by atoms with Crippen molar-refractivity contribution in [2.75, 3.05) is 13.2 Å². The van der Waals surface area contributed by atoms with Gasteiger partial charge in [0.25, 0.3) is 0 Å². The van der Waals surface area contributed by atoms with Crippen molar-refractivity contribution in [2.45, 2.75) is 18.9 Å². The van der Waals surface area contributed by atoms with E-state index in [-0.39, 0.29) is 0 Å². The molecule has 1 atom stereocenters. The van der Waals surface area contributed by atoms with Gasteiger partial charge in [0, 0.05) is 24.4 Å². The van der Waals surface area contributed by atoms with Crippen molar-refractivity contribution >= 4 is 11.9 Å². The molecule has 0 unspecified atom stereocenters. The Morgan fingerprint density at radius 3 is 2.57 bits per heavy atom. The van der Waals surface area contributed by atoms with Gasteiger partial charge in [0.1, 0.15) is 12.4 Å². The summed E-state index contributed by atoms with van der Waals surface area (Å²) in [5.41, 5.74) is 0. The van der Waals surface area contributed by atoms with E-state index < -0.39 is 11.9 Å². The van der Waals surface area contributed by atoms with Crippen molar-refractivity contribution in [2.24, 2.45) is 0 Å². The van der Waals surface area contributed by atoms with Gasteiger partial charge in [-0.15, -0.1) is 0 Å². The lowest BCUT2D eigenvalue weighted by Gasteiger charge is -2.11. The number of carboxylic acid groups (broad SMARTS) is 2. The second kappa shape index (κ2) is 9.49. The zero-order valence-electron chi connectivity index (χ0n) is 11.4. The summed E-state index contributed by atoms with van der Waals surface area (Å²) in [5, 5.41) is 19.0. The van der Waals surface area contributed by atoms with Crippen LogP contribution in [0.25, 0.3) is 0 Å². The van der Waals surface area contributed by atoms with Crippen molar-refractivity contribution in [3.8, 4) is 5.75 Å². The van der Waals surface area contributed by atoms with Crippen LogP contribution in [-0.4, -0.2) is 46.3 Å². The van der Waals surface area contributed by atoms with E-state index in [1.54, 1.807) is 12.4 Å². The topological polar surface area (TPSA) is 109 Å². The van der Waals surface area contributed by atoms with Gasteiger partial charge in [-0.2, -0.15) is 0 Å². The smallest absolute Gasteiger partial charge is 0.328 e. The van der Waals surface area contributed by atoms with Crippen LogP contribution in [0.15, 0.2) is 36.7 Å². The Bertz CT molecular complexity index is 454. The SMILES string of the molecule is O=C(O)/C=C/C(=O)O.c1cncc(OC[C@@H]2CCCN2)c1. The lowest BCUT2D eigenvalue weighted by atomic mass is 10.2. The van der Waals surface area contributed by atoms with Crippen molar-refractivity contribution in [1.29, 1.82) is 0 Å². The molecule has 0 saturated carbocycles. The van der Waals surface area contributed by atoms with Crippen molar-refractivity contribution in [3.05, 3.63) is 36.7 Å². The lowest BCUT2D eigenvalue weighted by Crippen LogP contribution is -2.28. The third-order valence-electron chi connectivity index (χ3n) is 2.62. The van der Waals surface area contributed by atoms with E-state index in [4.69, 9.17) is 14.9 Å². The molecule has 3 N–H and O–H groups in total. The van der Waals surface area contributed by atoms with Gasteiger partial charge in [-0.05, 0) is 31.5 Å². The summed E-state index contributed by atoms with van der Waals surface area (Å²) in [7, 11) is 0. The maximum absolute atomic E-state index is 9.55. The Balaban J connectivity index is 0.000000240. The zero-order valence-corrected chi connectivity index (χ0v) is 11.4. The van der Waals surface area contributed by atoms with Crippen molar-refractivity contribution < 1.29 is 24.5 Å². The fraction of sp³-hybridized carbons (Fsp3) is 0.357. The Hall–Kier alpha value is -2.41. The van der Waals surface area contributed by atoms with Crippen LogP contribution in [0.4, 0.5) is 0 Å². The molecule has 1 aromatic heterocycles. The van der Waals surface area contributed by atoms with Crippen LogP contribution in [0.3, 0.4) is 0 Å². The summed E-state index contributed by atoms with van der Waals surface area (Å²) in [6.07, 6.45) is 7.10. The molecule has 1 aliphatic rings. The molecular formula is C14H18N2O5. The van der Waals surface area contributed by atoms with Gasteiger partial charge in [0.05, 0.1) is 6.20 Å². The second-order valence-corrected chi connectivity index (χ2v) is 4.30. The fourth-order valence-electron chi connectivity index (χ4n) is 1.67. The Kier molecular flexibility index (Phi) is 7.52. The standard InChI is InChI=1S/C10H14N2O.C4H4O4/c1-3-9(12-6-1)8-13-10-4-2-5-11-7-10;5-3(6)1-2-4(7)8/h2,4-5,7,9,12H,1,3,6,8H2;1-2H,(H,5,6)(H,7,8)/b;2-1+/t9-;/m0./s1. The second-order valence-electron chi connectivity index (χ2n) is 4.30. The first-order valence-corrected chi connectivity index (χ1v) is 6.48. The molecule has 1 aromatic rings. The molecule has 1 saturated heterocycles. The largest absolute Gasteiger partial charge is 0.490 e. The zero-order chi connectivity index (χ0) is 15.5. The molecule has 2 heterocycles. The molecule has 0 radical (unpaired) electrons. The maximum atomic E-state index is 9.55. The first kappa shape index (κ1) is 16.6. The van der Waals surface area contributed by atoms with Gasteiger partial charge < -0.3 is 20.3 Å². The van der Waals surface area contributed by atoms with Crippen LogP contribution in [-0.2, 0) is 9.59 Å². The fourth-order valence-corrected chi connectivity index (χ4v) is 1.67. The van der Waals surface area contributed by atoms with Crippen molar-refractivity contribution in [1.82, 2.24) is 10.3 Å². The molecule has 0 spiro atoms. The Morgan fingerprint density at radius 2 is 2.10 bits per heavy atom. The van der Waals surface area contributed by atoms with E-state index in [1.807, 2.05) is 12.1 Å². The molecule has 0 aromatic carbocycles. The maximum Gasteiger partial charge on any atom is 0.328 e. The van der Waals surface area contributed by atoms with Gasteiger partial charge >= 0.3 is 11.9 Å². The first-order chi connectivity index (χ1) is 10.1. The highest BCUT2D eigenvalue weighted by Gasteiger charge is 2.13. The number of aliphatic carboxylic acids is 2. The number of carbonyl (C=O) groups is 2. The van der Waals surface area contributed by atoms with Crippen LogP contribution in [0.5, 0.6) is 5.75 Å². The van der Waals surface area contributed by atoms with Gasteiger partial charge in [-0.3, -0.25) is 4.98 Å². The predicted molar refractivity (Wildman–Crippen MR) is 75.2 cm³/mol. The highest BCUT2D eigenvalue weighted by Crippen LogP contribution is 2.10. The van der Waals surface area contributed by atoms with Gasteiger partial charge in [-0.1, -0.05) is 0 Å². The molecule has 0 aliphatic carbocycles. The van der Waals surface area contributed by atoms with Crippen LogP contribution in [0.1, 0.15) is 12.8 Å². The predicted octanol–water partition coefficient (Wildman–Crippen LogP) is 0.924. The monoisotopic (exact) mass is 294 g/mol. The summed E-state index contributed by atoms with van der Waals surface area (Å²) < 4.78 is 5.56. The normalized spacial score (nSPS) is 17.0. The number of pyridine rings is 1. The van der Waals surface area contributed by atoms with E-state index >= 15 is 0 Å². The molecule has 114 valence electrons. The van der Waals surface area contributed by atoms with E-state index in [0.29, 0.717) is 18.2 Å². The number of aromatic nitrogens is 1. The van der Waals surface area contributed by atoms with Crippen LogP contribution >= 0.6 is 0 Å². The van der Waals surface area contributed by atoms with Gasteiger partial charge in [0.2, 0.25) is 0 Å². The van der Waals surface area contributed by atoms with Crippen LogP contribution in [0, 0.1) is 0 Å². The minimum absolute atomic E-state index is 0.528. The summed E-state index contributed by atoms with van der Waals surface area (Å²) in [4.78, 5) is 23.1. The number of hydrogen-bond donors (Lipinski definition) is 3. The van der Waals surface area contributed by atoms with Gasteiger partial charge in [0.15, 0.2) is 0 Å². The third kappa shape index (κ3) is 8.38. The number of carboxylic acids is 2. The third-order valence-corrected chi connectivity index (χ3v) is 2.62. The highest BCUT2D eigenvalue weighted by atomic mass is 16.5. The molecule has 0 amide bonds.